The summed E-state index contributed by atoms with van der Waals surface area (Å²) in [6.45, 7) is 4.72. The van der Waals surface area contributed by atoms with Crippen LogP contribution < -0.4 is 10.4 Å². The lowest BCUT2D eigenvalue weighted by Gasteiger charge is -2.28. The van der Waals surface area contributed by atoms with Crippen LogP contribution in [0.3, 0.4) is 0 Å². The maximum absolute atomic E-state index is 13.5. The third-order valence-corrected chi connectivity index (χ3v) is 8.84. The number of carbonyl (C=O) groups excluding carboxylic acids is 2. The molecule has 1 amide bonds. The highest BCUT2D eigenvalue weighted by Gasteiger charge is 2.21. The van der Waals surface area contributed by atoms with Crippen LogP contribution in [0.25, 0.3) is 11.1 Å². The number of aliphatic carboxylic acids is 1. The van der Waals surface area contributed by atoms with E-state index in [0.717, 1.165) is 47.8 Å². The van der Waals surface area contributed by atoms with Crippen molar-refractivity contribution in [3.8, 4) is 11.1 Å². The number of carboxylic acids is 1. The third-order valence-electron chi connectivity index (χ3n) is 8.20. The number of aryl methyl sites for hydroxylation is 1. The van der Waals surface area contributed by atoms with Crippen LogP contribution in [-0.2, 0) is 17.9 Å². The van der Waals surface area contributed by atoms with Crippen molar-refractivity contribution in [3.63, 3.8) is 0 Å². The summed E-state index contributed by atoms with van der Waals surface area (Å²) in [5.74, 6) is -0.210. The number of nitrogens with one attached hydrogen (secondary N) is 1. The van der Waals surface area contributed by atoms with E-state index < -0.39 is 12.0 Å². The van der Waals surface area contributed by atoms with Gasteiger partial charge in [0, 0.05) is 18.7 Å². The van der Waals surface area contributed by atoms with E-state index in [-0.39, 0.29) is 5.91 Å². The smallest absolute Gasteiger partial charge is 0.252 e. The Kier molecular flexibility index (Phi) is 11.9. The van der Waals surface area contributed by atoms with E-state index in [2.05, 4.69) is 46.6 Å². The van der Waals surface area contributed by atoms with Gasteiger partial charge in [0.2, 0.25) is 0 Å². The average Bonchev–Trinajstić information content (AvgIpc) is 2.99. The molecule has 0 bridgehead atoms. The quantitative estimate of drug-likeness (QED) is 0.248. The SMILES string of the molecule is CSCC[C@H](NC(=O)c1ccc(CN(CCC2CCCCC2)Cc2ccccc2)cc1-c1ccccc1C)C(=O)[O-]. The lowest BCUT2D eigenvalue weighted by atomic mass is 9.87. The van der Waals surface area contributed by atoms with Crippen molar-refractivity contribution in [2.24, 2.45) is 5.92 Å². The van der Waals surface area contributed by atoms with Gasteiger partial charge in [-0.2, -0.15) is 11.8 Å². The molecule has 0 aromatic heterocycles. The molecule has 3 aromatic rings. The molecule has 0 spiro atoms. The van der Waals surface area contributed by atoms with Crippen LogP contribution in [-0.4, -0.2) is 41.4 Å². The molecule has 1 atom stereocenters. The topological polar surface area (TPSA) is 72.5 Å². The zero-order chi connectivity index (χ0) is 29.0. The molecular formula is C35H43N2O3S-. The molecule has 0 radical (unpaired) electrons. The van der Waals surface area contributed by atoms with Gasteiger partial charge in [-0.25, -0.2) is 0 Å². The molecule has 0 aliphatic heterocycles. The second-order valence-electron chi connectivity index (χ2n) is 11.3. The maximum atomic E-state index is 13.5. The monoisotopic (exact) mass is 571 g/mol. The summed E-state index contributed by atoms with van der Waals surface area (Å²) in [6.07, 6.45) is 10.2. The fourth-order valence-electron chi connectivity index (χ4n) is 5.86. The van der Waals surface area contributed by atoms with Crippen molar-refractivity contribution < 1.29 is 14.7 Å². The molecule has 0 unspecified atom stereocenters. The predicted molar refractivity (Wildman–Crippen MR) is 168 cm³/mol. The van der Waals surface area contributed by atoms with Gasteiger partial charge in [-0.15, -0.1) is 0 Å². The molecule has 1 aliphatic rings. The largest absolute Gasteiger partial charge is 0.548 e. The standard InChI is InChI=1S/C35H44N2O3S/c1-26-11-9-10-16-30(26)32-23-29(17-18-31(32)34(38)36-33(35(39)40)20-22-41-2)25-37(24-28-14-7-4-8-15-28)21-19-27-12-5-3-6-13-27/h4,7-11,14-18,23,27,33H,3,5-6,12-13,19-22,24-25H2,1-2H3,(H,36,38)(H,39,40)/p-1/t33-/m0/s1. The fourth-order valence-corrected chi connectivity index (χ4v) is 6.33. The summed E-state index contributed by atoms with van der Waals surface area (Å²) in [6, 6.07) is 23.6. The van der Waals surface area contributed by atoms with Gasteiger partial charge in [-0.05, 0) is 84.2 Å². The zero-order valence-electron chi connectivity index (χ0n) is 24.4. The lowest BCUT2D eigenvalue weighted by molar-refractivity contribution is -0.308. The molecule has 1 saturated carbocycles. The van der Waals surface area contributed by atoms with Gasteiger partial charge in [0.15, 0.2) is 0 Å². The Labute approximate surface area is 249 Å². The highest BCUT2D eigenvalue weighted by molar-refractivity contribution is 7.98. The lowest BCUT2D eigenvalue weighted by Crippen LogP contribution is -2.48. The molecule has 6 heteroatoms. The number of rotatable bonds is 14. The van der Waals surface area contributed by atoms with Crippen molar-refractivity contribution in [3.05, 3.63) is 95.1 Å². The van der Waals surface area contributed by atoms with Crippen molar-refractivity contribution in [1.82, 2.24) is 10.2 Å². The molecule has 41 heavy (non-hydrogen) atoms. The van der Waals surface area contributed by atoms with Gasteiger partial charge in [0.1, 0.15) is 0 Å². The third kappa shape index (κ3) is 9.20. The van der Waals surface area contributed by atoms with Crippen LogP contribution in [0.2, 0.25) is 0 Å². The van der Waals surface area contributed by atoms with Crippen LogP contribution in [0.4, 0.5) is 0 Å². The first-order chi connectivity index (χ1) is 19.9. The van der Waals surface area contributed by atoms with E-state index in [1.807, 2.05) is 49.6 Å². The van der Waals surface area contributed by atoms with Gasteiger partial charge in [-0.1, -0.05) is 92.8 Å². The second-order valence-corrected chi connectivity index (χ2v) is 12.3. The molecule has 5 nitrogen and oxygen atoms in total. The molecule has 218 valence electrons. The van der Waals surface area contributed by atoms with E-state index >= 15 is 0 Å². The van der Waals surface area contributed by atoms with Crippen molar-refractivity contribution in [2.45, 2.75) is 71.0 Å². The Balaban J connectivity index is 1.61. The number of thioether (sulfide) groups is 1. The molecule has 0 saturated heterocycles. The number of hydrogen-bond acceptors (Lipinski definition) is 5. The molecule has 3 aromatic carbocycles. The summed E-state index contributed by atoms with van der Waals surface area (Å²) < 4.78 is 0. The minimum atomic E-state index is -1.25. The minimum Gasteiger partial charge on any atom is -0.548 e. The Bertz CT molecular complexity index is 1270. The molecule has 1 fully saturated rings. The highest BCUT2D eigenvalue weighted by Crippen LogP contribution is 2.30. The summed E-state index contributed by atoms with van der Waals surface area (Å²) >= 11 is 1.55. The molecule has 1 aliphatic carbocycles. The van der Waals surface area contributed by atoms with Crippen LogP contribution in [0.1, 0.15) is 72.0 Å². The number of carboxylic acid groups (broad SMARTS) is 1. The van der Waals surface area contributed by atoms with E-state index in [1.54, 1.807) is 11.8 Å². The first-order valence-electron chi connectivity index (χ1n) is 14.9. The molecular weight excluding hydrogens is 528 g/mol. The number of benzene rings is 3. The van der Waals surface area contributed by atoms with E-state index in [0.29, 0.717) is 17.7 Å². The van der Waals surface area contributed by atoms with Gasteiger partial charge in [0.25, 0.3) is 5.91 Å². The van der Waals surface area contributed by atoms with Crippen LogP contribution in [0, 0.1) is 12.8 Å². The Hall–Kier alpha value is -3.09. The summed E-state index contributed by atoms with van der Waals surface area (Å²) in [5.41, 5.74) is 5.78. The second kappa shape index (κ2) is 15.8. The number of nitrogens with zero attached hydrogens (tertiary/aromatic N) is 1. The fraction of sp³-hybridized carbons (Fsp3) is 0.429. The van der Waals surface area contributed by atoms with Gasteiger partial charge in [-0.3, -0.25) is 9.69 Å². The van der Waals surface area contributed by atoms with E-state index in [1.165, 1.54) is 44.1 Å². The van der Waals surface area contributed by atoms with Crippen molar-refractivity contribution in [1.29, 1.82) is 0 Å². The molecule has 4 rings (SSSR count). The number of amides is 1. The van der Waals surface area contributed by atoms with Crippen LogP contribution in [0.15, 0.2) is 72.8 Å². The maximum Gasteiger partial charge on any atom is 0.252 e. The number of hydrogen-bond donors (Lipinski definition) is 1. The van der Waals surface area contributed by atoms with Crippen molar-refractivity contribution in [2.75, 3.05) is 18.6 Å². The summed E-state index contributed by atoms with van der Waals surface area (Å²) in [4.78, 5) is 27.7. The Morgan fingerprint density at radius 2 is 1.63 bits per heavy atom. The van der Waals surface area contributed by atoms with Gasteiger partial charge in [0.05, 0.1) is 12.0 Å². The van der Waals surface area contributed by atoms with Crippen LogP contribution >= 0.6 is 11.8 Å². The minimum absolute atomic E-state index is 0.322. The van der Waals surface area contributed by atoms with Crippen molar-refractivity contribution >= 4 is 23.6 Å². The molecule has 0 heterocycles. The first-order valence-corrected chi connectivity index (χ1v) is 16.3. The van der Waals surface area contributed by atoms with Crippen LogP contribution in [0.5, 0.6) is 0 Å². The predicted octanol–water partition coefficient (Wildman–Crippen LogP) is 6.24. The Morgan fingerprint density at radius 3 is 2.34 bits per heavy atom. The normalized spacial score (nSPS) is 14.6. The molecule has 1 N–H and O–H groups in total. The summed E-state index contributed by atoms with van der Waals surface area (Å²) in [7, 11) is 0. The first kappa shape index (κ1) is 30.9. The highest BCUT2D eigenvalue weighted by atomic mass is 32.2. The Morgan fingerprint density at radius 1 is 0.927 bits per heavy atom. The number of carbonyl (C=O) groups is 2. The van der Waals surface area contributed by atoms with E-state index in [9.17, 15) is 14.7 Å². The van der Waals surface area contributed by atoms with Gasteiger partial charge >= 0.3 is 0 Å². The summed E-state index contributed by atoms with van der Waals surface area (Å²) in [5, 5.41) is 14.5. The average molecular weight is 572 g/mol. The van der Waals surface area contributed by atoms with Gasteiger partial charge < -0.3 is 15.2 Å². The zero-order valence-corrected chi connectivity index (χ0v) is 25.3. The van der Waals surface area contributed by atoms with E-state index in [4.69, 9.17) is 0 Å².